The Morgan fingerprint density at radius 2 is 1.95 bits per heavy atom. The van der Waals surface area contributed by atoms with Crippen LogP contribution in [0.25, 0.3) is 0 Å². The van der Waals surface area contributed by atoms with Gasteiger partial charge in [-0.1, -0.05) is 18.2 Å². The minimum atomic E-state index is -1.45. The van der Waals surface area contributed by atoms with E-state index < -0.39 is 43.2 Å². The molecule has 0 spiro atoms. The molecule has 1 amide bonds. The smallest absolute Gasteiger partial charge is 0.251 e. The third kappa shape index (κ3) is 2.97. The Hall–Kier alpha value is -1.51. The van der Waals surface area contributed by atoms with Crippen LogP contribution in [0.4, 0.5) is 0 Å². The van der Waals surface area contributed by atoms with Gasteiger partial charge in [-0.15, -0.1) is 0 Å². The number of carbonyl (C=O) groups is 1. The SMILES string of the molecule is O=C(N[C@@H]1[C@@H](O)[C@@H]([C@H](O)CO)O[C@H]1O)c1ccccc1. The van der Waals surface area contributed by atoms with Gasteiger partial charge in [-0.25, -0.2) is 0 Å². The molecule has 0 bridgehead atoms. The first-order chi connectivity index (χ1) is 9.54. The number of hydrogen-bond donors (Lipinski definition) is 5. The topological polar surface area (TPSA) is 119 Å². The number of nitrogens with one attached hydrogen (secondary N) is 1. The van der Waals surface area contributed by atoms with E-state index in [1.165, 1.54) is 0 Å². The highest BCUT2D eigenvalue weighted by molar-refractivity contribution is 5.94. The second-order valence-electron chi connectivity index (χ2n) is 4.60. The molecule has 5 N–H and O–H groups in total. The molecule has 1 aliphatic rings. The third-order valence-electron chi connectivity index (χ3n) is 3.21. The molecule has 1 saturated heterocycles. The lowest BCUT2D eigenvalue weighted by Crippen LogP contribution is -2.49. The molecule has 0 aliphatic carbocycles. The minimum Gasteiger partial charge on any atom is -0.394 e. The Balaban J connectivity index is 2.04. The van der Waals surface area contributed by atoms with Crippen LogP contribution in [0.5, 0.6) is 0 Å². The Bertz CT molecular complexity index is 453. The van der Waals surface area contributed by atoms with Crippen LogP contribution >= 0.6 is 0 Å². The number of aliphatic hydroxyl groups excluding tert-OH is 4. The Labute approximate surface area is 115 Å². The van der Waals surface area contributed by atoms with Crippen molar-refractivity contribution in [3.63, 3.8) is 0 Å². The van der Waals surface area contributed by atoms with Crippen molar-refractivity contribution in [2.45, 2.75) is 30.6 Å². The molecule has 1 aliphatic heterocycles. The van der Waals surface area contributed by atoms with E-state index in [-0.39, 0.29) is 0 Å². The van der Waals surface area contributed by atoms with Gasteiger partial charge in [0.25, 0.3) is 5.91 Å². The summed E-state index contributed by atoms with van der Waals surface area (Å²) in [6.07, 6.45) is -5.27. The predicted octanol–water partition coefficient (Wildman–Crippen LogP) is -1.78. The molecule has 7 nitrogen and oxygen atoms in total. The lowest BCUT2D eigenvalue weighted by atomic mass is 10.0. The molecule has 0 radical (unpaired) electrons. The van der Waals surface area contributed by atoms with Gasteiger partial charge in [0.15, 0.2) is 6.29 Å². The van der Waals surface area contributed by atoms with E-state index >= 15 is 0 Å². The van der Waals surface area contributed by atoms with Gasteiger partial charge in [0.2, 0.25) is 0 Å². The van der Waals surface area contributed by atoms with Crippen molar-refractivity contribution in [3.8, 4) is 0 Å². The number of benzene rings is 1. The zero-order valence-corrected chi connectivity index (χ0v) is 10.6. The summed E-state index contributed by atoms with van der Waals surface area (Å²) in [7, 11) is 0. The predicted molar refractivity (Wildman–Crippen MR) is 67.7 cm³/mol. The van der Waals surface area contributed by atoms with Crippen molar-refractivity contribution in [1.29, 1.82) is 0 Å². The van der Waals surface area contributed by atoms with E-state index in [0.717, 1.165) is 0 Å². The highest BCUT2D eigenvalue weighted by Gasteiger charge is 2.46. The summed E-state index contributed by atoms with van der Waals surface area (Å²) in [6.45, 7) is -0.617. The molecule has 5 atom stereocenters. The number of aliphatic hydroxyl groups is 4. The number of carbonyl (C=O) groups excluding carboxylic acids is 1. The summed E-state index contributed by atoms with van der Waals surface area (Å²) in [5, 5.41) is 40.4. The molecular formula is C13H17NO6. The van der Waals surface area contributed by atoms with Gasteiger partial charge in [0.05, 0.1) is 6.61 Å². The van der Waals surface area contributed by atoms with Crippen molar-refractivity contribution in [2.75, 3.05) is 6.61 Å². The van der Waals surface area contributed by atoms with Crippen LogP contribution < -0.4 is 5.32 Å². The van der Waals surface area contributed by atoms with Crippen LogP contribution in [0, 0.1) is 0 Å². The van der Waals surface area contributed by atoms with E-state index in [4.69, 9.17) is 9.84 Å². The second kappa shape index (κ2) is 6.29. The molecule has 20 heavy (non-hydrogen) atoms. The number of amides is 1. The highest BCUT2D eigenvalue weighted by Crippen LogP contribution is 2.22. The van der Waals surface area contributed by atoms with Crippen LogP contribution in [-0.4, -0.2) is 63.6 Å². The molecule has 1 fully saturated rings. The van der Waals surface area contributed by atoms with Crippen LogP contribution in [0.1, 0.15) is 10.4 Å². The first-order valence-electron chi connectivity index (χ1n) is 6.21. The third-order valence-corrected chi connectivity index (χ3v) is 3.21. The standard InChI is InChI=1S/C13H17NO6/c15-6-8(16)11-10(17)9(13(19)20-11)14-12(18)7-4-2-1-3-5-7/h1-5,8-11,13,15-17,19H,6H2,(H,14,18)/t8-,9-,10-,11-,13-/m1/s1. The van der Waals surface area contributed by atoms with Gasteiger partial charge in [-0.05, 0) is 12.1 Å². The zero-order chi connectivity index (χ0) is 14.7. The molecule has 7 heteroatoms. The minimum absolute atomic E-state index is 0.373. The largest absolute Gasteiger partial charge is 0.394 e. The fourth-order valence-electron chi connectivity index (χ4n) is 2.10. The van der Waals surface area contributed by atoms with E-state index in [2.05, 4.69) is 5.32 Å². The highest BCUT2D eigenvalue weighted by atomic mass is 16.6. The van der Waals surface area contributed by atoms with Gasteiger partial charge in [-0.3, -0.25) is 4.79 Å². The summed E-state index contributed by atoms with van der Waals surface area (Å²) in [5.41, 5.74) is 0.373. The average Bonchev–Trinajstić information content (AvgIpc) is 2.75. The van der Waals surface area contributed by atoms with Crippen molar-refractivity contribution in [3.05, 3.63) is 35.9 Å². The molecule has 2 rings (SSSR count). The maximum Gasteiger partial charge on any atom is 0.251 e. The van der Waals surface area contributed by atoms with E-state index in [1.807, 2.05) is 0 Å². The maximum atomic E-state index is 11.9. The average molecular weight is 283 g/mol. The van der Waals surface area contributed by atoms with Gasteiger partial charge in [0, 0.05) is 5.56 Å². The van der Waals surface area contributed by atoms with Crippen molar-refractivity contribution in [2.24, 2.45) is 0 Å². The Morgan fingerprint density at radius 1 is 1.30 bits per heavy atom. The molecule has 1 aromatic rings. The summed E-state index contributed by atoms with van der Waals surface area (Å²) in [5.74, 6) is -0.476. The van der Waals surface area contributed by atoms with Crippen molar-refractivity contribution in [1.82, 2.24) is 5.32 Å². The Kier molecular flexibility index (Phi) is 4.69. The van der Waals surface area contributed by atoms with Gasteiger partial charge in [0.1, 0.15) is 24.4 Å². The molecule has 0 aromatic heterocycles. The van der Waals surface area contributed by atoms with Gasteiger partial charge < -0.3 is 30.5 Å². The van der Waals surface area contributed by atoms with E-state index in [0.29, 0.717) is 5.56 Å². The lowest BCUT2D eigenvalue weighted by Gasteiger charge is -2.21. The summed E-state index contributed by atoms with van der Waals surface area (Å²) in [6, 6.07) is 7.23. The number of hydrogen-bond acceptors (Lipinski definition) is 6. The summed E-state index contributed by atoms with van der Waals surface area (Å²) in [4.78, 5) is 11.9. The first-order valence-corrected chi connectivity index (χ1v) is 6.21. The van der Waals surface area contributed by atoms with Crippen molar-refractivity contribution < 1.29 is 30.0 Å². The Morgan fingerprint density at radius 3 is 2.55 bits per heavy atom. The molecule has 0 unspecified atom stereocenters. The number of ether oxygens (including phenoxy) is 1. The second-order valence-corrected chi connectivity index (χ2v) is 4.60. The molecule has 110 valence electrons. The van der Waals surface area contributed by atoms with E-state index in [9.17, 15) is 20.1 Å². The lowest BCUT2D eigenvalue weighted by molar-refractivity contribution is -0.139. The normalized spacial score (nSPS) is 31.0. The molecule has 1 heterocycles. The van der Waals surface area contributed by atoms with Crippen LogP contribution in [0.3, 0.4) is 0 Å². The fraction of sp³-hybridized carbons (Fsp3) is 0.462. The van der Waals surface area contributed by atoms with Gasteiger partial charge in [-0.2, -0.15) is 0 Å². The zero-order valence-electron chi connectivity index (χ0n) is 10.6. The molecular weight excluding hydrogens is 266 g/mol. The number of rotatable bonds is 4. The monoisotopic (exact) mass is 283 g/mol. The van der Waals surface area contributed by atoms with Crippen LogP contribution in [0.2, 0.25) is 0 Å². The summed E-state index contributed by atoms with van der Waals surface area (Å²) >= 11 is 0. The van der Waals surface area contributed by atoms with Crippen LogP contribution in [-0.2, 0) is 4.74 Å². The summed E-state index contributed by atoms with van der Waals surface area (Å²) < 4.78 is 4.96. The quantitative estimate of drug-likeness (QED) is 0.445. The fourth-order valence-corrected chi connectivity index (χ4v) is 2.10. The van der Waals surface area contributed by atoms with E-state index in [1.54, 1.807) is 30.3 Å². The first kappa shape index (κ1) is 14.9. The molecule has 0 saturated carbocycles. The maximum absolute atomic E-state index is 11.9. The van der Waals surface area contributed by atoms with Crippen molar-refractivity contribution >= 4 is 5.91 Å². The molecule has 1 aromatic carbocycles. The van der Waals surface area contributed by atoms with Crippen LogP contribution in [0.15, 0.2) is 30.3 Å². The van der Waals surface area contributed by atoms with Gasteiger partial charge >= 0.3 is 0 Å².